The van der Waals surface area contributed by atoms with Gasteiger partial charge in [0.25, 0.3) is 0 Å². The molecule has 6 heteroatoms. The van der Waals surface area contributed by atoms with E-state index in [2.05, 4.69) is 121 Å². The van der Waals surface area contributed by atoms with Gasteiger partial charge in [0.15, 0.2) is 0 Å². The molecular formula is C31H44N6. The number of hydrogen-bond acceptors (Lipinski definition) is 5. The van der Waals surface area contributed by atoms with Crippen molar-refractivity contribution in [3.63, 3.8) is 0 Å². The number of aliphatic imine (C=N–C) groups is 1. The zero-order valence-corrected chi connectivity index (χ0v) is 23.2. The number of rotatable bonds is 12. The Hall–Kier alpha value is -3.66. The highest BCUT2D eigenvalue weighted by molar-refractivity contribution is 5.75. The number of terminal acetylenes is 1. The van der Waals surface area contributed by atoms with Crippen molar-refractivity contribution < 1.29 is 0 Å². The van der Waals surface area contributed by atoms with Crippen molar-refractivity contribution in [1.82, 2.24) is 25.9 Å². The molecule has 0 amide bonds. The molecule has 2 aromatic carbocycles. The highest BCUT2D eigenvalue weighted by atomic mass is 15.0. The van der Waals surface area contributed by atoms with Crippen LogP contribution in [0.25, 0.3) is 28.1 Å². The second-order valence-corrected chi connectivity index (χ2v) is 8.48. The van der Waals surface area contributed by atoms with Crippen LogP contribution in [0.5, 0.6) is 0 Å². The molecule has 0 atom stereocenters. The highest BCUT2D eigenvalue weighted by Gasteiger charge is 2.08. The van der Waals surface area contributed by atoms with Crippen LogP contribution in [0.2, 0.25) is 0 Å². The molecule has 0 aliphatic heterocycles. The summed E-state index contributed by atoms with van der Waals surface area (Å²) < 4.78 is 0. The van der Waals surface area contributed by atoms with Gasteiger partial charge < -0.3 is 20.9 Å². The van der Waals surface area contributed by atoms with E-state index in [9.17, 15) is 0 Å². The number of hydrogen-bond donors (Lipinski definition) is 4. The largest absolute Gasteiger partial charge is 0.388 e. The third-order valence-corrected chi connectivity index (χ3v) is 5.31. The van der Waals surface area contributed by atoms with Crippen LogP contribution in [-0.4, -0.2) is 43.4 Å². The van der Waals surface area contributed by atoms with E-state index in [1.165, 1.54) is 23.1 Å². The number of aromatic amines is 1. The summed E-state index contributed by atoms with van der Waals surface area (Å²) in [6, 6.07) is 15.0. The van der Waals surface area contributed by atoms with Crippen molar-refractivity contribution in [2.24, 2.45) is 4.99 Å². The molecular weight excluding hydrogens is 456 g/mol. The summed E-state index contributed by atoms with van der Waals surface area (Å²) in [6.45, 7) is 15.7. The lowest BCUT2D eigenvalue weighted by Crippen LogP contribution is -2.21. The van der Waals surface area contributed by atoms with Gasteiger partial charge >= 0.3 is 0 Å². The topological polar surface area (TPSA) is 77.1 Å². The number of aromatic nitrogens is 2. The van der Waals surface area contributed by atoms with Crippen molar-refractivity contribution in [1.29, 1.82) is 0 Å². The van der Waals surface area contributed by atoms with Gasteiger partial charge in [0.05, 0.1) is 24.1 Å². The summed E-state index contributed by atoms with van der Waals surface area (Å²) in [5.41, 5.74) is 7.62. The summed E-state index contributed by atoms with van der Waals surface area (Å²) in [7, 11) is 1.94. The lowest BCUT2D eigenvalue weighted by Gasteiger charge is -2.10. The molecule has 0 fully saturated rings. The van der Waals surface area contributed by atoms with E-state index >= 15 is 0 Å². The van der Waals surface area contributed by atoms with Crippen LogP contribution in [0.1, 0.15) is 50.6 Å². The third kappa shape index (κ3) is 10.5. The summed E-state index contributed by atoms with van der Waals surface area (Å²) in [6.07, 6.45) is 14.2. The molecule has 1 heterocycles. The van der Waals surface area contributed by atoms with E-state index in [0.717, 1.165) is 60.9 Å². The first-order valence-corrected chi connectivity index (χ1v) is 12.9. The predicted molar refractivity (Wildman–Crippen MR) is 162 cm³/mol. The molecule has 0 aliphatic carbocycles. The number of aryl methyl sites for hydroxylation is 1. The van der Waals surface area contributed by atoms with Gasteiger partial charge in [0.2, 0.25) is 0 Å². The van der Waals surface area contributed by atoms with Gasteiger partial charge in [-0.15, -0.1) is 12.8 Å². The zero-order chi connectivity index (χ0) is 27.5. The molecule has 1 aromatic heterocycles. The van der Waals surface area contributed by atoms with Gasteiger partial charge in [-0.3, -0.25) is 4.99 Å². The molecule has 4 N–H and O–H groups in total. The van der Waals surface area contributed by atoms with E-state index in [1.54, 1.807) is 0 Å². The van der Waals surface area contributed by atoms with Crippen molar-refractivity contribution in [2.75, 3.05) is 26.7 Å². The van der Waals surface area contributed by atoms with Gasteiger partial charge in [-0.05, 0) is 55.9 Å². The average Bonchev–Trinajstić information content (AvgIpc) is 3.40. The monoisotopic (exact) mass is 500 g/mol. The highest BCUT2D eigenvalue weighted by Crippen LogP contribution is 2.28. The quantitative estimate of drug-likeness (QED) is 0.139. The maximum absolute atomic E-state index is 4.48. The fourth-order valence-electron chi connectivity index (χ4n) is 3.53. The van der Waals surface area contributed by atoms with Crippen LogP contribution >= 0.6 is 0 Å². The Morgan fingerprint density at radius 1 is 1.00 bits per heavy atom. The minimum atomic E-state index is 0.762. The van der Waals surface area contributed by atoms with Crippen molar-refractivity contribution >= 4 is 12.4 Å². The van der Waals surface area contributed by atoms with Crippen LogP contribution in [0.15, 0.2) is 59.9 Å². The Balaban J connectivity index is 0.00000127. The summed E-state index contributed by atoms with van der Waals surface area (Å²) >= 11 is 0. The molecule has 0 saturated carbocycles. The number of likely N-dealkylation sites (N-methyl/N-ethyl adjacent to an activating group) is 1. The number of nitrogens with zero attached hydrogens (tertiary/aromatic N) is 2. The SMILES string of the molecule is C#C.C=N/C(=C\NCCNC)c1ccc(-c2ccc(-c3cnc(CNCCC)[nH]3)cc2)cc1C.CCC. The summed E-state index contributed by atoms with van der Waals surface area (Å²) in [4.78, 5) is 12.1. The molecule has 0 bridgehead atoms. The zero-order valence-electron chi connectivity index (χ0n) is 23.2. The third-order valence-electron chi connectivity index (χ3n) is 5.31. The van der Waals surface area contributed by atoms with E-state index in [4.69, 9.17) is 0 Å². The first-order chi connectivity index (χ1) is 18.1. The van der Waals surface area contributed by atoms with Crippen LogP contribution in [0, 0.1) is 19.8 Å². The van der Waals surface area contributed by atoms with Crippen LogP contribution in [-0.2, 0) is 6.54 Å². The first kappa shape index (κ1) is 31.4. The number of nitrogens with one attached hydrogen (secondary N) is 4. The second-order valence-electron chi connectivity index (χ2n) is 8.48. The maximum atomic E-state index is 4.48. The van der Waals surface area contributed by atoms with Gasteiger partial charge in [0, 0.05) is 24.9 Å². The smallest absolute Gasteiger partial charge is 0.120 e. The number of H-pyrrole nitrogens is 1. The number of benzene rings is 2. The minimum absolute atomic E-state index is 0.762. The fraction of sp³-hybridized carbons (Fsp3) is 0.355. The van der Waals surface area contributed by atoms with Crippen LogP contribution in [0.4, 0.5) is 0 Å². The first-order valence-electron chi connectivity index (χ1n) is 12.9. The van der Waals surface area contributed by atoms with Gasteiger partial charge in [0.1, 0.15) is 5.82 Å². The Labute approximate surface area is 224 Å². The molecule has 0 saturated heterocycles. The van der Waals surface area contributed by atoms with E-state index in [-0.39, 0.29) is 0 Å². The molecule has 3 aromatic rings. The van der Waals surface area contributed by atoms with Crippen molar-refractivity contribution in [3.05, 3.63) is 71.8 Å². The van der Waals surface area contributed by atoms with Crippen LogP contribution < -0.4 is 16.0 Å². The summed E-state index contributed by atoms with van der Waals surface area (Å²) in [5.74, 6) is 0.962. The fourth-order valence-corrected chi connectivity index (χ4v) is 3.53. The van der Waals surface area contributed by atoms with E-state index < -0.39 is 0 Å². The molecule has 6 nitrogen and oxygen atoms in total. The average molecular weight is 501 g/mol. The Morgan fingerprint density at radius 2 is 1.65 bits per heavy atom. The maximum Gasteiger partial charge on any atom is 0.120 e. The predicted octanol–water partition coefficient (Wildman–Crippen LogP) is 6.03. The van der Waals surface area contributed by atoms with Crippen LogP contribution in [0.3, 0.4) is 0 Å². The number of imidazole rings is 1. The minimum Gasteiger partial charge on any atom is -0.388 e. The normalized spacial score (nSPS) is 10.5. The van der Waals surface area contributed by atoms with Gasteiger partial charge in [-0.1, -0.05) is 69.7 Å². The summed E-state index contributed by atoms with van der Waals surface area (Å²) in [5, 5.41) is 9.76. The van der Waals surface area contributed by atoms with E-state index in [0.29, 0.717) is 0 Å². The lowest BCUT2D eigenvalue weighted by atomic mass is 9.97. The van der Waals surface area contributed by atoms with Gasteiger partial charge in [-0.25, -0.2) is 4.98 Å². The van der Waals surface area contributed by atoms with E-state index in [1.807, 2.05) is 19.4 Å². The van der Waals surface area contributed by atoms with Crippen molar-refractivity contribution in [2.45, 2.75) is 47.1 Å². The van der Waals surface area contributed by atoms with Crippen molar-refractivity contribution in [3.8, 4) is 35.2 Å². The second kappa shape index (κ2) is 18.6. The Bertz CT molecular complexity index is 1090. The standard InChI is InChI=1S/C26H34N6.C3H8.C2H2/c1-5-12-29-18-26-31-17-24(32-26)21-8-6-20(7-9-21)22-10-11-23(19(2)15-22)25(28-4)16-30-14-13-27-3;1-3-2;1-2/h6-11,15-17,27,29-30H,4-5,12-14,18H2,1-3H3,(H,31,32);3H2,1-2H3;1-2H/b25-16-;;. The molecule has 0 unspecified atom stereocenters. The molecule has 198 valence electrons. The molecule has 0 aliphatic rings. The molecule has 37 heavy (non-hydrogen) atoms. The Morgan fingerprint density at radius 3 is 2.24 bits per heavy atom. The van der Waals surface area contributed by atoms with Gasteiger partial charge in [-0.2, -0.15) is 0 Å². The molecule has 3 rings (SSSR count). The molecule has 0 spiro atoms. The Kier molecular flexibility index (Phi) is 15.8. The lowest BCUT2D eigenvalue weighted by molar-refractivity contribution is 0.655. The molecule has 0 radical (unpaired) electrons.